The topological polar surface area (TPSA) is 84.9 Å². The molecule has 2 atom stereocenters. The first-order chi connectivity index (χ1) is 11.7. The van der Waals surface area contributed by atoms with Crippen LogP contribution >= 0.6 is 0 Å². The molecule has 0 bridgehead atoms. The van der Waals surface area contributed by atoms with E-state index in [1.807, 2.05) is 45.0 Å². The number of benzene rings is 1. The number of hydrogen-bond acceptors (Lipinski definition) is 5. The molecule has 3 rings (SSSR count). The molecule has 0 spiro atoms. The van der Waals surface area contributed by atoms with E-state index in [0.29, 0.717) is 6.42 Å². The molecule has 1 N–H and O–H groups in total. The smallest absolute Gasteiger partial charge is 0.411 e. The highest BCUT2D eigenvalue weighted by Gasteiger charge is 2.41. The van der Waals surface area contributed by atoms with Gasteiger partial charge in [-0.25, -0.2) is 4.79 Å². The second kappa shape index (κ2) is 6.38. The number of carbonyl (C=O) groups is 3. The van der Waals surface area contributed by atoms with Gasteiger partial charge in [0.25, 0.3) is 0 Å². The Morgan fingerprint density at radius 1 is 1.16 bits per heavy atom. The number of carbonyl (C=O) groups excluding carboxylic acids is 3. The lowest BCUT2D eigenvalue weighted by Crippen LogP contribution is -2.52. The average molecular weight is 346 g/mol. The summed E-state index contributed by atoms with van der Waals surface area (Å²) in [7, 11) is 0. The molecule has 2 fully saturated rings. The Bertz CT molecular complexity index is 692. The fourth-order valence-electron chi connectivity index (χ4n) is 2.99. The van der Waals surface area contributed by atoms with Crippen LogP contribution < -0.4 is 10.1 Å². The van der Waals surface area contributed by atoms with Crippen molar-refractivity contribution >= 4 is 17.9 Å². The summed E-state index contributed by atoms with van der Waals surface area (Å²) in [5, 5.41) is 2.27. The fourth-order valence-corrected chi connectivity index (χ4v) is 2.99. The minimum absolute atomic E-state index is 0.226. The third-order valence-corrected chi connectivity index (χ3v) is 4.10. The Balaban J connectivity index is 1.68. The molecule has 0 saturated carbocycles. The van der Waals surface area contributed by atoms with Crippen LogP contribution in [0.4, 0.5) is 4.79 Å². The highest BCUT2D eigenvalue weighted by atomic mass is 16.6. The number of cyclic esters (lactones) is 1. The molecule has 134 valence electrons. The number of rotatable bonds is 3. The second-order valence-electron chi connectivity index (χ2n) is 7.28. The van der Waals surface area contributed by atoms with Crippen LogP contribution in [0.2, 0.25) is 0 Å². The number of hydrogen-bond donors (Lipinski definition) is 1. The molecule has 7 nitrogen and oxygen atoms in total. The highest BCUT2D eigenvalue weighted by Crippen LogP contribution is 2.30. The molecule has 0 aliphatic carbocycles. The van der Waals surface area contributed by atoms with Crippen molar-refractivity contribution in [2.24, 2.45) is 0 Å². The molecule has 0 radical (unpaired) electrons. The number of piperidine rings is 1. The molecule has 25 heavy (non-hydrogen) atoms. The summed E-state index contributed by atoms with van der Waals surface area (Å²) < 4.78 is 11.2. The van der Waals surface area contributed by atoms with E-state index in [-0.39, 0.29) is 24.5 Å². The quantitative estimate of drug-likeness (QED) is 0.848. The molecule has 1 aromatic carbocycles. The first-order valence-corrected chi connectivity index (χ1v) is 8.33. The molecule has 2 saturated heterocycles. The maximum Gasteiger partial charge on any atom is 0.411 e. The van der Waals surface area contributed by atoms with E-state index in [0.717, 1.165) is 11.3 Å². The Labute approximate surface area is 146 Å². The van der Waals surface area contributed by atoms with Crippen molar-refractivity contribution in [1.82, 2.24) is 10.2 Å². The van der Waals surface area contributed by atoms with Crippen LogP contribution in [0.15, 0.2) is 24.3 Å². The number of nitrogens with one attached hydrogen (secondary N) is 1. The molecule has 2 unspecified atom stereocenters. The van der Waals surface area contributed by atoms with Gasteiger partial charge in [-0.2, -0.15) is 0 Å². The van der Waals surface area contributed by atoms with Gasteiger partial charge in [-0.1, -0.05) is 12.1 Å². The Morgan fingerprint density at radius 2 is 1.84 bits per heavy atom. The third kappa shape index (κ3) is 3.92. The molecule has 2 aliphatic heterocycles. The van der Waals surface area contributed by atoms with Crippen molar-refractivity contribution in [3.63, 3.8) is 0 Å². The van der Waals surface area contributed by atoms with Crippen LogP contribution in [0.25, 0.3) is 0 Å². The molecule has 7 heteroatoms. The molecule has 1 aromatic rings. The highest BCUT2D eigenvalue weighted by molar-refractivity contribution is 6.01. The van der Waals surface area contributed by atoms with Gasteiger partial charge in [-0.05, 0) is 44.9 Å². The Hall–Kier alpha value is -2.57. The van der Waals surface area contributed by atoms with Crippen LogP contribution in [0.3, 0.4) is 0 Å². The normalized spacial score (nSPS) is 24.1. The largest absolute Gasteiger partial charge is 0.488 e. The molecule has 2 aliphatic rings. The summed E-state index contributed by atoms with van der Waals surface area (Å²) in [5.74, 6) is -0.00910. The lowest BCUT2D eigenvalue weighted by atomic mass is 10.0. The second-order valence-corrected chi connectivity index (χ2v) is 7.28. The number of amides is 3. The van der Waals surface area contributed by atoms with Gasteiger partial charge in [0, 0.05) is 6.42 Å². The summed E-state index contributed by atoms with van der Waals surface area (Å²) in [5.41, 5.74) is 0.550. The van der Waals surface area contributed by atoms with Crippen molar-refractivity contribution in [3.8, 4) is 5.75 Å². The fraction of sp³-hybridized carbons (Fsp3) is 0.500. The maximum atomic E-state index is 12.2. The zero-order valence-electron chi connectivity index (χ0n) is 14.6. The van der Waals surface area contributed by atoms with Gasteiger partial charge in [0.05, 0.1) is 6.54 Å². The minimum atomic E-state index is -0.654. The van der Waals surface area contributed by atoms with Gasteiger partial charge in [0.1, 0.15) is 23.5 Å². The van der Waals surface area contributed by atoms with E-state index in [9.17, 15) is 14.4 Å². The summed E-state index contributed by atoms with van der Waals surface area (Å²) in [4.78, 5) is 36.8. The number of nitrogens with zero attached hydrogens (tertiary/aromatic N) is 1. The maximum absolute atomic E-state index is 12.2. The van der Waals surface area contributed by atoms with Crippen LogP contribution in [0.5, 0.6) is 5.75 Å². The predicted octanol–water partition coefficient (Wildman–Crippen LogP) is 2.16. The monoisotopic (exact) mass is 346 g/mol. The summed E-state index contributed by atoms with van der Waals surface area (Å²) in [6.45, 7) is 6.19. The first-order valence-electron chi connectivity index (χ1n) is 8.33. The van der Waals surface area contributed by atoms with Crippen LogP contribution in [0.1, 0.15) is 45.3 Å². The van der Waals surface area contributed by atoms with Gasteiger partial charge in [0.2, 0.25) is 11.8 Å². The summed E-state index contributed by atoms with van der Waals surface area (Å²) in [6.07, 6.45) is -0.426. The van der Waals surface area contributed by atoms with Gasteiger partial charge in [-0.15, -0.1) is 0 Å². The van der Waals surface area contributed by atoms with Crippen molar-refractivity contribution in [2.75, 3.05) is 6.54 Å². The summed E-state index contributed by atoms with van der Waals surface area (Å²) in [6, 6.07) is 6.73. The first kappa shape index (κ1) is 17.3. The zero-order chi connectivity index (χ0) is 18.2. The standard InChI is InChI=1S/C18H22N2O5/c1-18(2,3)25-12-6-4-11(5-7-12)14-10-20(17(23)24-14)13-8-9-15(21)19-16(13)22/h4-7,13-14H,8-10H2,1-3H3,(H,19,21,22). The molecule has 0 aromatic heterocycles. The van der Waals surface area contributed by atoms with E-state index >= 15 is 0 Å². The molecular formula is C18H22N2O5. The van der Waals surface area contributed by atoms with Crippen LogP contribution in [-0.2, 0) is 14.3 Å². The van der Waals surface area contributed by atoms with Crippen molar-refractivity contribution in [2.45, 2.75) is 51.4 Å². The number of ether oxygens (including phenoxy) is 2. The van der Waals surface area contributed by atoms with E-state index in [1.165, 1.54) is 4.90 Å². The van der Waals surface area contributed by atoms with Crippen LogP contribution in [-0.4, -0.2) is 41.0 Å². The lowest BCUT2D eigenvalue weighted by Gasteiger charge is -2.27. The zero-order valence-corrected chi connectivity index (χ0v) is 14.6. The number of imide groups is 1. The SMILES string of the molecule is CC(C)(C)Oc1ccc(C2CN(C3CCC(=O)NC3=O)C(=O)O2)cc1. The third-order valence-electron chi connectivity index (χ3n) is 4.10. The van der Waals surface area contributed by atoms with E-state index < -0.39 is 24.1 Å². The van der Waals surface area contributed by atoms with Crippen molar-refractivity contribution < 1.29 is 23.9 Å². The van der Waals surface area contributed by atoms with Gasteiger partial charge < -0.3 is 9.47 Å². The average Bonchev–Trinajstić information content (AvgIpc) is 2.88. The van der Waals surface area contributed by atoms with Crippen molar-refractivity contribution in [1.29, 1.82) is 0 Å². The van der Waals surface area contributed by atoms with Gasteiger partial charge >= 0.3 is 6.09 Å². The molecular weight excluding hydrogens is 324 g/mol. The minimum Gasteiger partial charge on any atom is -0.488 e. The van der Waals surface area contributed by atoms with Gasteiger partial charge in [-0.3, -0.25) is 19.8 Å². The lowest BCUT2D eigenvalue weighted by molar-refractivity contribution is -0.136. The molecule has 2 heterocycles. The van der Waals surface area contributed by atoms with E-state index in [1.54, 1.807) is 0 Å². The van der Waals surface area contributed by atoms with Crippen LogP contribution in [0, 0.1) is 0 Å². The van der Waals surface area contributed by atoms with E-state index in [4.69, 9.17) is 9.47 Å². The predicted molar refractivity (Wildman–Crippen MR) is 88.9 cm³/mol. The Kier molecular flexibility index (Phi) is 4.41. The van der Waals surface area contributed by atoms with Crippen molar-refractivity contribution in [3.05, 3.63) is 29.8 Å². The van der Waals surface area contributed by atoms with E-state index in [2.05, 4.69) is 5.32 Å². The van der Waals surface area contributed by atoms with Gasteiger partial charge in [0.15, 0.2) is 0 Å². The Morgan fingerprint density at radius 3 is 2.44 bits per heavy atom. The summed E-state index contributed by atoms with van der Waals surface area (Å²) >= 11 is 0. The molecule has 3 amide bonds.